The highest BCUT2D eigenvalue weighted by Crippen LogP contribution is 2.04. The van der Waals surface area contributed by atoms with Crippen LogP contribution in [0.25, 0.3) is 0 Å². The van der Waals surface area contributed by atoms with E-state index in [9.17, 15) is 0 Å². The second kappa shape index (κ2) is 3.71. The molecule has 0 bridgehead atoms. The topological polar surface area (TPSA) is 9.23 Å². The van der Waals surface area contributed by atoms with E-state index >= 15 is 0 Å². The summed E-state index contributed by atoms with van der Waals surface area (Å²) in [5, 5.41) is 1.19. The van der Waals surface area contributed by atoms with Gasteiger partial charge in [0.2, 0.25) is 0 Å². The van der Waals surface area contributed by atoms with E-state index in [1.807, 2.05) is 0 Å². The van der Waals surface area contributed by atoms with Gasteiger partial charge in [0.15, 0.2) is 0 Å². The summed E-state index contributed by atoms with van der Waals surface area (Å²) in [7, 11) is -0.340. The van der Waals surface area contributed by atoms with Crippen molar-refractivity contribution >= 4 is 30.2 Å². The molecular formula is C4H12OSSi2. The SMILES string of the molecule is SC[SiH]1CCCO[SiH2]1. The Morgan fingerprint density at radius 2 is 2.62 bits per heavy atom. The summed E-state index contributed by atoms with van der Waals surface area (Å²) in [5.74, 6) is 0. The first-order chi connectivity index (χ1) is 3.93. The first-order valence-corrected chi connectivity index (χ1v) is 9.23. The molecule has 1 nitrogen and oxygen atoms in total. The lowest BCUT2D eigenvalue weighted by molar-refractivity contribution is 0.335. The number of rotatable bonds is 1. The van der Waals surface area contributed by atoms with Crippen LogP contribution in [0.4, 0.5) is 0 Å². The van der Waals surface area contributed by atoms with Crippen LogP contribution in [0.3, 0.4) is 0 Å². The van der Waals surface area contributed by atoms with Crippen molar-refractivity contribution in [2.45, 2.75) is 12.5 Å². The first kappa shape index (κ1) is 6.86. The van der Waals surface area contributed by atoms with Gasteiger partial charge >= 0.3 is 0 Å². The van der Waals surface area contributed by atoms with Gasteiger partial charge in [0, 0.05) is 6.61 Å². The van der Waals surface area contributed by atoms with Crippen LogP contribution in [0.2, 0.25) is 6.04 Å². The molecule has 0 radical (unpaired) electrons. The summed E-state index contributed by atoms with van der Waals surface area (Å²) in [5.41, 5.74) is 0. The second-order valence-corrected chi connectivity index (χ2v) is 11.2. The fourth-order valence-electron chi connectivity index (χ4n) is 0.951. The van der Waals surface area contributed by atoms with Gasteiger partial charge in [-0.1, -0.05) is 6.04 Å². The fourth-order valence-corrected chi connectivity index (χ4v) is 7.53. The maximum absolute atomic E-state index is 5.42. The van der Waals surface area contributed by atoms with Crippen LogP contribution in [0.5, 0.6) is 0 Å². The molecule has 0 amide bonds. The Kier molecular flexibility index (Phi) is 3.18. The van der Waals surface area contributed by atoms with Crippen molar-refractivity contribution < 1.29 is 4.43 Å². The van der Waals surface area contributed by atoms with Gasteiger partial charge in [-0.25, -0.2) is 0 Å². The van der Waals surface area contributed by atoms with Crippen LogP contribution >= 0.6 is 12.6 Å². The number of thiol groups is 1. The fraction of sp³-hybridized carbons (Fsp3) is 1.00. The molecular weight excluding hydrogens is 152 g/mol. The Balaban J connectivity index is 2.13. The van der Waals surface area contributed by atoms with Crippen LogP contribution in [-0.4, -0.2) is 29.6 Å². The summed E-state index contributed by atoms with van der Waals surface area (Å²) < 4.78 is 5.42. The molecule has 0 aromatic carbocycles. The molecule has 1 saturated heterocycles. The maximum atomic E-state index is 5.42. The molecule has 0 aliphatic carbocycles. The average Bonchev–Trinajstić information content (AvgIpc) is 1.90. The third-order valence-corrected chi connectivity index (χ3v) is 11.5. The van der Waals surface area contributed by atoms with Crippen molar-refractivity contribution in [3.63, 3.8) is 0 Å². The molecule has 0 aromatic heterocycles. The summed E-state index contributed by atoms with van der Waals surface area (Å²) >= 11 is 4.28. The maximum Gasteiger partial charge on any atom is 0.148 e. The van der Waals surface area contributed by atoms with Gasteiger partial charge in [0.1, 0.15) is 9.28 Å². The quantitative estimate of drug-likeness (QED) is 0.413. The third kappa shape index (κ3) is 1.93. The molecule has 1 rings (SSSR count). The Morgan fingerprint density at radius 3 is 3.00 bits per heavy atom. The average molecular weight is 164 g/mol. The molecule has 0 aromatic rings. The van der Waals surface area contributed by atoms with Crippen LogP contribution in [0, 0.1) is 0 Å². The first-order valence-electron chi connectivity index (χ1n) is 3.12. The van der Waals surface area contributed by atoms with Gasteiger partial charge in [-0.3, -0.25) is 0 Å². The zero-order valence-corrected chi connectivity index (χ0v) is 8.43. The van der Waals surface area contributed by atoms with E-state index in [1.54, 1.807) is 0 Å². The van der Waals surface area contributed by atoms with Gasteiger partial charge < -0.3 is 4.43 Å². The summed E-state index contributed by atoms with van der Waals surface area (Å²) in [6.45, 7) is 1.06. The van der Waals surface area contributed by atoms with Crippen molar-refractivity contribution in [3.05, 3.63) is 0 Å². The minimum Gasteiger partial charge on any atom is -0.428 e. The molecule has 1 fully saturated rings. The van der Waals surface area contributed by atoms with Crippen LogP contribution in [0.15, 0.2) is 0 Å². The molecule has 0 spiro atoms. The highest BCUT2D eigenvalue weighted by atomic mass is 32.1. The zero-order chi connectivity index (χ0) is 5.82. The minimum atomic E-state index is -0.324. The molecule has 4 heteroatoms. The predicted octanol–water partition coefficient (Wildman–Crippen LogP) is -0.317. The van der Waals surface area contributed by atoms with Crippen molar-refractivity contribution in [2.24, 2.45) is 0 Å². The molecule has 1 aliphatic heterocycles. The van der Waals surface area contributed by atoms with Gasteiger partial charge in [0.25, 0.3) is 0 Å². The molecule has 1 unspecified atom stereocenters. The van der Waals surface area contributed by atoms with E-state index in [1.165, 1.54) is 17.8 Å². The van der Waals surface area contributed by atoms with E-state index in [4.69, 9.17) is 4.43 Å². The van der Waals surface area contributed by atoms with Crippen LogP contribution in [0.1, 0.15) is 6.42 Å². The van der Waals surface area contributed by atoms with Crippen LogP contribution in [-0.2, 0) is 4.43 Å². The van der Waals surface area contributed by atoms with Gasteiger partial charge in [0.05, 0.1) is 8.31 Å². The molecule has 48 valence electrons. The lowest BCUT2D eigenvalue weighted by atomic mass is 10.5. The smallest absolute Gasteiger partial charge is 0.148 e. The predicted molar refractivity (Wildman–Crippen MR) is 44.9 cm³/mol. The number of hydrogen-bond acceptors (Lipinski definition) is 2. The van der Waals surface area contributed by atoms with E-state index in [0.717, 1.165) is 6.61 Å². The Labute approximate surface area is 59.6 Å². The zero-order valence-electron chi connectivity index (χ0n) is 4.97. The van der Waals surface area contributed by atoms with E-state index in [-0.39, 0.29) is 17.6 Å². The van der Waals surface area contributed by atoms with Gasteiger partial charge in [-0.2, -0.15) is 12.6 Å². The summed E-state index contributed by atoms with van der Waals surface area (Å²) in [4.78, 5) is 0. The summed E-state index contributed by atoms with van der Waals surface area (Å²) in [6.07, 6.45) is 1.32. The molecule has 1 aliphatic rings. The van der Waals surface area contributed by atoms with Crippen molar-refractivity contribution in [2.75, 3.05) is 12.0 Å². The van der Waals surface area contributed by atoms with Crippen molar-refractivity contribution in [1.82, 2.24) is 0 Å². The minimum absolute atomic E-state index is 0.0150. The number of hydrogen-bond donors (Lipinski definition) is 1. The lowest BCUT2D eigenvalue weighted by Crippen LogP contribution is -2.31. The molecule has 1 heterocycles. The normalized spacial score (nSPS) is 33.4. The summed E-state index contributed by atoms with van der Waals surface area (Å²) in [6, 6.07) is 1.51. The second-order valence-electron chi connectivity index (χ2n) is 2.27. The molecule has 0 saturated carbocycles. The molecule has 0 N–H and O–H groups in total. The van der Waals surface area contributed by atoms with E-state index in [2.05, 4.69) is 12.6 Å². The highest BCUT2D eigenvalue weighted by molar-refractivity contribution is 7.82. The standard InChI is InChI=1S/C4H12OSSi2/c6-4-8-3-1-2-5-7-8/h6,8H,1-4,7H2. The molecule has 1 atom stereocenters. The van der Waals surface area contributed by atoms with E-state index < -0.39 is 0 Å². The van der Waals surface area contributed by atoms with Crippen molar-refractivity contribution in [1.29, 1.82) is 0 Å². The third-order valence-electron chi connectivity index (χ3n) is 1.51. The Hall–Kier alpha value is 0.744. The Bertz CT molecular complexity index is 65.1. The molecule has 8 heavy (non-hydrogen) atoms. The van der Waals surface area contributed by atoms with Gasteiger partial charge in [-0.15, -0.1) is 0 Å². The highest BCUT2D eigenvalue weighted by Gasteiger charge is 2.13. The van der Waals surface area contributed by atoms with Gasteiger partial charge in [-0.05, 0) is 11.8 Å². The largest absolute Gasteiger partial charge is 0.428 e. The van der Waals surface area contributed by atoms with E-state index in [0.29, 0.717) is 0 Å². The monoisotopic (exact) mass is 164 g/mol. The lowest BCUT2D eigenvalue weighted by Gasteiger charge is -2.17. The van der Waals surface area contributed by atoms with Crippen molar-refractivity contribution in [3.8, 4) is 0 Å². The Morgan fingerprint density at radius 1 is 1.75 bits per heavy atom. The van der Waals surface area contributed by atoms with Crippen LogP contribution < -0.4 is 0 Å².